The summed E-state index contributed by atoms with van der Waals surface area (Å²) in [7, 11) is 2.09. The number of morpholine rings is 1. The van der Waals surface area contributed by atoms with E-state index in [1.807, 2.05) is 18.2 Å². The van der Waals surface area contributed by atoms with E-state index in [2.05, 4.69) is 36.8 Å². The molecule has 0 bridgehead atoms. The summed E-state index contributed by atoms with van der Waals surface area (Å²) in [6.07, 6.45) is 0.266. The Morgan fingerprint density at radius 3 is 2.95 bits per heavy atom. The molecule has 19 heavy (non-hydrogen) atoms. The first-order valence-electron chi connectivity index (χ1n) is 6.98. The van der Waals surface area contributed by atoms with Gasteiger partial charge in [-0.05, 0) is 32.0 Å². The van der Waals surface area contributed by atoms with Gasteiger partial charge in [-0.15, -0.1) is 0 Å². The molecule has 1 atom stereocenters. The number of hydrogen-bond acceptors (Lipinski definition) is 4. The summed E-state index contributed by atoms with van der Waals surface area (Å²) in [6, 6.07) is 8.57. The molecule has 0 amide bonds. The maximum atomic E-state index is 5.87. The molecule has 4 heteroatoms. The molecule has 4 nitrogen and oxygen atoms in total. The Balaban J connectivity index is 1.93. The molecule has 1 aromatic rings. The Labute approximate surface area is 116 Å². The van der Waals surface area contributed by atoms with E-state index in [-0.39, 0.29) is 6.10 Å². The number of nitrogens with two attached hydrogens (primary N) is 1. The van der Waals surface area contributed by atoms with Crippen LogP contribution in [0.15, 0.2) is 24.3 Å². The molecule has 1 aliphatic rings. The first-order valence-corrected chi connectivity index (χ1v) is 6.98. The number of hydrogen-bond donors (Lipinski definition) is 1. The quantitative estimate of drug-likeness (QED) is 0.841. The van der Waals surface area contributed by atoms with Crippen molar-refractivity contribution in [1.29, 1.82) is 0 Å². The highest BCUT2D eigenvalue weighted by molar-refractivity contribution is 5.55. The van der Waals surface area contributed by atoms with Gasteiger partial charge in [0.2, 0.25) is 0 Å². The van der Waals surface area contributed by atoms with Crippen LogP contribution in [-0.2, 0) is 4.74 Å². The third-order valence-corrected chi connectivity index (χ3v) is 3.69. The van der Waals surface area contributed by atoms with Crippen LogP contribution < -0.4 is 10.6 Å². The summed E-state index contributed by atoms with van der Waals surface area (Å²) >= 11 is 0. The molecule has 2 rings (SSSR count). The summed E-state index contributed by atoms with van der Waals surface area (Å²) in [5.41, 5.74) is 7.77. The summed E-state index contributed by atoms with van der Waals surface area (Å²) < 4.78 is 5.87. The van der Waals surface area contributed by atoms with Gasteiger partial charge in [-0.25, -0.2) is 0 Å². The van der Waals surface area contributed by atoms with Crippen LogP contribution in [0.4, 0.5) is 11.4 Å². The summed E-state index contributed by atoms with van der Waals surface area (Å²) in [6.45, 7) is 8.24. The fourth-order valence-corrected chi connectivity index (χ4v) is 2.49. The van der Waals surface area contributed by atoms with Gasteiger partial charge in [-0.3, -0.25) is 4.90 Å². The van der Waals surface area contributed by atoms with E-state index < -0.39 is 0 Å². The minimum Gasteiger partial charge on any atom is -0.399 e. The van der Waals surface area contributed by atoms with Crippen LogP contribution in [0, 0.1) is 0 Å². The van der Waals surface area contributed by atoms with Crippen molar-refractivity contribution in [2.45, 2.75) is 26.0 Å². The van der Waals surface area contributed by atoms with Gasteiger partial charge in [-0.2, -0.15) is 0 Å². The molecular weight excluding hydrogens is 238 g/mol. The first-order chi connectivity index (χ1) is 9.06. The Bertz CT molecular complexity index is 408. The van der Waals surface area contributed by atoms with E-state index in [1.54, 1.807) is 0 Å². The number of likely N-dealkylation sites (N-methyl/N-ethyl adjacent to an activating group) is 1. The van der Waals surface area contributed by atoms with Gasteiger partial charge in [0, 0.05) is 44.1 Å². The van der Waals surface area contributed by atoms with E-state index in [0.29, 0.717) is 6.04 Å². The Morgan fingerprint density at radius 2 is 2.26 bits per heavy atom. The Kier molecular flexibility index (Phi) is 4.66. The minimum absolute atomic E-state index is 0.266. The molecular formula is C15H25N3O. The highest BCUT2D eigenvalue weighted by atomic mass is 16.5. The molecule has 2 N–H and O–H groups in total. The van der Waals surface area contributed by atoms with E-state index in [0.717, 1.165) is 37.6 Å². The lowest BCUT2D eigenvalue weighted by molar-refractivity contribution is -0.0338. The molecule has 0 saturated carbocycles. The molecule has 1 saturated heterocycles. The fourth-order valence-electron chi connectivity index (χ4n) is 2.49. The number of ether oxygens (including phenoxy) is 1. The van der Waals surface area contributed by atoms with Crippen molar-refractivity contribution in [3.8, 4) is 0 Å². The third kappa shape index (κ3) is 3.85. The molecule has 1 unspecified atom stereocenters. The van der Waals surface area contributed by atoms with Crippen molar-refractivity contribution in [2.24, 2.45) is 0 Å². The predicted octanol–water partition coefficient (Wildman–Crippen LogP) is 1.81. The topological polar surface area (TPSA) is 41.7 Å². The summed E-state index contributed by atoms with van der Waals surface area (Å²) in [5.74, 6) is 0. The van der Waals surface area contributed by atoms with Crippen molar-refractivity contribution in [3.63, 3.8) is 0 Å². The van der Waals surface area contributed by atoms with Gasteiger partial charge in [0.05, 0.1) is 12.7 Å². The van der Waals surface area contributed by atoms with E-state index in [4.69, 9.17) is 10.5 Å². The van der Waals surface area contributed by atoms with Crippen LogP contribution in [0.1, 0.15) is 13.8 Å². The summed E-state index contributed by atoms with van der Waals surface area (Å²) in [5, 5.41) is 0. The van der Waals surface area contributed by atoms with E-state index in [1.165, 1.54) is 0 Å². The van der Waals surface area contributed by atoms with Crippen molar-refractivity contribution >= 4 is 11.4 Å². The second-order valence-corrected chi connectivity index (χ2v) is 5.56. The number of nitrogen functional groups attached to an aromatic ring is 1. The third-order valence-electron chi connectivity index (χ3n) is 3.69. The lowest BCUT2D eigenvalue weighted by Gasteiger charge is -2.37. The smallest absolute Gasteiger partial charge is 0.0877 e. The number of benzene rings is 1. The van der Waals surface area contributed by atoms with Crippen molar-refractivity contribution in [3.05, 3.63) is 24.3 Å². The second kappa shape index (κ2) is 6.26. The molecule has 1 fully saturated rings. The monoisotopic (exact) mass is 263 g/mol. The Morgan fingerprint density at radius 1 is 1.47 bits per heavy atom. The zero-order valence-corrected chi connectivity index (χ0v) is 12.2. The zero-order valence-electron chi connectivity index (χ0n) is 12.2. The summed E-state index contributed by atoms with van der Waals surface area (Å²) in [4.78, 5) is 4.69. The average molecular weight is 263 g/mol. The maximum absolute atomic E-state index is 5.87. The highest BCUT2D eigenvalue weighted by Gasteiger charge is 2.23. The Hall–Kier alpha value is -1.26. The van der Waals surface area contributed by atoms with Gasteiger partial charge in [-0.1, -0.05) is 6.07 Å². The normalized spacial score (nSPS) is 20.7. The van der Waals surface area contributed by atoms with Crippen molar-refractivity contribution in [1.82, 2.24) is 4.90 Å². The van der Waals surface area contributed by atoms with Crippen molar-refractivity contribution in [2.75, 3.05) is 43.9 Å². The van der Waals surface area contributed by atoms with Crippen LogP contribution in [-0.4, -0.2) is 50.3 Å². The van der Waals surface area contributed by atoms with Crippen LogP contribution in [0.3, 0.4) is 0 Å². The van der Waals surface area contributed by atoms with Crippen LogP contribution in [0.25, 0.3) is 0 Å². The number of nitrogens with zero attached hydrogens (tertiary/aromatic N) is 2. The van der Waals surface area contributed by atoms with Gasteiger partial charge in [0.25, 0.3) is 0 Å². The molecule has 0 radical (unpaired) electrons. The van der Waals surface area contributed by atoms with E-state index in [9.17, 15) is 0 Å². The van der Waals surface area contributed by atoms with Crippen LogP contribution >= 0.6 is 0 Å². The number of anilines is 2. The number of rotatable bonds is 4. The predicted molar refractivity (Wildman–Crippen MR) is 80.6 cm³/mol. The molecule has 106 valence electrons. The average Bonchev–Trinajstić information content (AvgIpc) is 2.39. The zero-order chi connectivity index (χ0) is 13.8. The highest BCUT2D eigenvalue weighted by Crippen LogP contribution is 2.18. The first kappa shape index (κ1) is 14.2. The minimum atomic E-state index is 0.266. The maximum Gasteiger partial charge on any atom is 0.0877 e. The molecule has 0 spiro atoms. The molecule has 1 aliphatic heterocycles. The molecule has 1 aromatic carbocycles. The SMILES string of the molecule is CC(C)N1CCOC(CN(C)c2cccc(N)c2)C1. The van der Waals surface area contributed by atoms with Crippen LogP contribution in [0.2, 0.25) is 0 Å². The van der Waals surface area contributed by atoms with Crippen molar-refractivity contribution < 1.29 is 4.74 Å². The second-order valence-electron chi connectivity index (χ2n) is 5.56. The lowest BCUT2D eigenvalue weighted by Crippen LogP contribution is -2.49. The largest absolute Gasteiger partial charge is 0.399 e. The fraction of sp³-hybridized carbons (Fsp3) is 0.600. The van der Waals surface area contributed by atoms with Gasteiger partial charge >= 0.3 is 0 Å². The van der Waals surface area contributed by atoms with Gasteiger partial charge in [0.1, 0.15) is 0 Å². The molecule has 1 heterocycles. The lowest BCUT2D eigenvalue weighted by atomic mass is 10.2. The van der Waals surface area contributed by atoms with Gasteiger partial charge < -0.3 is 15.4 Å². The van der Waals surface area contributed by atoms with Gasteiger partial charge in [0.15, 0.2) is 0 Å². The van der Waals surface area contributed by atoms with Crippen LogP contribution in [0.5, 0.6) is 0 Å². The molecule has 0 aliphatic carbocycles. The molecule has 0 aromatic heterocycles. The standard InChI is InChI=1S/C15H25N3O/c1-12(2)18-7-8-19-15(11-18)10-17(3)14-6-4-5-13(16)9-14/h4-6,9,12,15H,7-8,10-11,16H2,1-3H3. The van der Waals surface area contributed by atoms with E-state index >= 15 is 0 Å².